The van der Waals surface area contributed by atoms with Gasteiger partial charge in [0.1, 0.15) is 0 Å². The van der Waals surface area contributed by atoms with Gasteiger partial charge in [0.2, 0.25) is 0 Å². The molecule has 0 aromatic carbocycles. The van der Waals surface area contributed by atoms with Gasteiger partial charge in [-0.05, 0) is 37.6 Å². The molecular weight excluding hydrogens is 224 g/mol. The minimum absolute atomic E-state index is 0.156. The Hall–Kier alpha value is -0.120. The number of rotatable bonds is 7. The van der Waals surface area contributed by atoms with Crippen molar-refractivity contribution >= 4 is 0 Å². The second-order valence-electron chi connectivity index (χ2n) is 6.72. The minimum atomic E-state index is -0.156. The monoisotopic (exact) mass is 256 g/mol. The van der Waals surface area contributed by atoms with Gasteiger partial charge in [-0.25, -0.2) is 0 Å². The van der Waals surface area contributed by atoms with Crippen molar-refractivity contribution in [2.75, 3.05) is 26.2 Å². The maximum absolute atomic E-state index is 9.66. The van der Waals surface area contributed by atoms with Gasteiger partial charge in [0.25, 0.3) is 0 Å². The zero-order valence-corrected chi connectivity index (χ0v) is 12.9. The highest BCUT2D eigenvalue weighted by molar-refractivity contribution is 4.85. The van der Waals surface area contributed by atoms with Crippen LogP contribution in [0.15, 0.2) is 0 Å². The second-order valence-corrected chi connectivity index (χ2v) is 6.72. The minimum Gasteiger partial charge on any atom is -0.393 e. The third kappa shape index (κ3) is 4.87. The van der Waals surface area contributed by atoms with Crippen molar-refractivity contribution in [1.82, 2.24) is 10.2 Å². The predicted molar refractivity (Wildman–Crippen MR) is 77.8 cm³/mol. The van der Waals surface area contributed by atoms with Gasteiger partial charge in [0, 0.05) is 25.7 Å². The Labute approximate surface area is 113 Å². The van der Waals surface area contributed by atoms with E-state index in [0.717, 1.165) is 32.6 Å². The molecule has 108 valence electrons. The first kappa shape index (κ1) is 15.9. The van der Waals surface area contributed by atoms with Crippen LogP contribution in [0.1, 0.15) is 47.5 Å². The van der Waals surface area contributed by atoms with Crippen LogP contribution in [0.3, 0.4) is 0 Å². The fourth-order valence-electron chi connectivity index (χ4n) is 2.68. The summed E-state index contributed by atoms with van der Waals surface area (Å²) >= 11 is 0. The van der Waals surface area contributed by atoms with Crippen LogP contribution in [0.4, 0.5) is 0 Å². The number of hydrogen-bond acceptors (Lipinski definition) is 3. The first-order chi connectivity index (χ1) is 8.36. The van der Waals surface area contributed by atoms with Gasteiger partial charge in [0.05, 0.1) is 6.10 Å². The van der Waals surface area contributed by atoms with Crippen molar-refractivity contribution in [3.8, 4) is 0 Å². The summed E-state index contributed by atoms with van der Waals surface area (Å²) in [6, 6.07) is 0.555. The summed E-state index contributed by atoms with van der Waals surface area (Å²) in [4.78, 5) is 2.53. The summed E-state index contributed by atoms with van der Waals surface area (Å²) in [6.07, 6.45) is 2.19. The molecular formula is C15H32N2O. The quantitative estimate of drug-likeness (QED) is 0.732. The zero-order valence-electron chi connectivity index (χ0n) is 12.9. The molecule has 18 heavy (non-hydrogen) atoms. The molecule has 1 fully saturated rings. The van der Waals surface area contributed by atoms with Gasteiger partial charge < -0.3 is 15.3 Å². The van der Waals surface area contributed by atoms with E-state index >= 15 is 0 Å². The smallest absolute Gasteiger partial charge is 0.0552 e. The van der Waals surface area contributed by atoms with Crippen LogP contribution in [-0.2, 0) is 0 Å². The zero-order chi connectivity index (χ0) is 13.8. The molecule has 0 radical (unpaired) electrons. The molecule has 3 unspecified atom stereocenters. The first-order valence-corrected chi connectivity index (χ1v) is 7.50. The SMILES string of the molecule is CCC(C)(CNC(C)C)CN1CCC(C(C)O)C1. The fraction of sp³-hybridized carbons (Fsp3) is 1.00. The van der Waals surface area contributed by atoms with Crippen LogP contribution in [0, 0.1) is 11.3 Å². The van der Waals surface area contributed by atoms with Crippen LogP contribution in [0.25, 0.3) is 0 Å². The maximum Gasteiger partial charge on any atom is 0.0552 e. The lowest BCUT2D eigenvalue weighted by atomic mass is 9.86. The molecule has 3 heteroatoms. The predicted octanol–water partition coefficient (Wildman–Crippen LogP) is 2.10. The molecule has 0 aromatic rings. The molecule has 1 saturated heterocycles. The van der Waals surface area contributed by atoms with E-state index in [-0.39, 0.29) is 6.10 Å². The molecule has 0 saturated carbocycles. The topological polar surface area (TPSA) is 35.5 Å². The van der Waals surface area contributed by atoms with Gasteiger partial charge in [0.15, 0.2) is 0 Å². The average molecular weight is 256 g/mol. The summed E-state index contributed by atoms with van der Waals surface area (Å²) in [7, 11) is 0. The number of nitrogens with one attached hydrogen (secondary N) is 1. The Morgan fingerprint density at radius 1 is 1.39 bits per heavy atom. The molecule has 0 amide bonds. The standard InChI is InChI=1S/C15H32N2O/c1-6-15(5,10-16-12(2)3)11-17-8-7-14(9-17)13(4)18/h12-14,16,18H,6-11H2,1-5H3. The van der Waals surface area contributed by atoms with E-state index < -0.39 is 0 Å². The van der Waals surface area contributed by atoms with Crippen LogP contribution in [-0.4, -0.2) is 48.3 Å². The van der Waals surface area contributed by atoms with E-state index in [4.69, 9.17) is 0 Å². The highest BCUT2D eigenvalue weighted by Crippen LogP contribution is 2.27. The number of likely N-dealkylation sites (tertiary alicyclic amines) is 1. The third-order valence-corrected chi connectivity index (χ3v) is 4.39. The second kappa shape index (κ2) is 6.88. The van der Waals surface area contributed by atoms with E-state index in [9.17, 15) is 5.11 Å². The molecule has 1 rings (SSSR count). The van der Waals surface area contributed by atoms with Crippen molar-refractivity contribution in [3.05, 3.63) is 0 Å². The lowest BCUT2D eigenvalue weighted by Crippen LogP contribution is -2.43. The molecule has 3 atom stereocenters. The number of aliphatic hydroxyl groups excluding tert-OH is 1. The van der Waals surface area contributed by atoms with Crippen LogP contribution in [0.2, 0.25) is 0 Å². The van der Waals surface area contributed by atoms with Crippen molar-refractivity contribution in [1.29, 1.82) is 0 Å². The van der Waals surface area contributed by atoms with Crippen molar-refractivity contribution in [2.45, 2.75) is 59.6 Å². The molecule has 0 aliphatic carbocycles. The van der Waals surface area contributed by atoms with E-state index in [1.54, 1.807) is 0 Å². The van der Waals surface area contributed by atoms with Crippen LogP contribution >= 0.6 is 0 Å². The number of nitrogens with zero attached hydrogens (tertiary/aromatic N) is 1. The van der Waals surface area contributed by atoms with Crippen molar-refractivity contribution in [2.24, 2.45) is 11.3 Å². The van der Waals surface area contributed by atoms with E-state index in [1.165, 1.54) is 6.42 Å². The van der Waals surface area contributed by atoms with Crippen LogP contribution < -0.4 is 5.32 Å². The Morgan fingerprint density at radius 3 is 2.50 bits per heavy atom. The largest absolute Gasteiger partial charge is 0.393 e. The normalized spacial score (nSPS) is 26.5. The highest BCUT2D eigenvalue weighted by Gasteiger charge is 2.31. The molecule has 0 aromatic heterocycles. The fourth-order valence-corrected chi connectivity index (χ4v) is 2.68. The molecule has 1 aliphatic heterocycles. The Kier molecular flexibility index (Phi) is 6.09. The molecule has 1 aliphatic rings. The van der Waals surface area contributed by atoms with Gasteiger partial charge in [-0.1, -0.05) is 27.7 Å². The number of hydrogen-bond donors (Lipinski definition) is 2. The molecule has 0 bridgehead atoms. The first-order valence-electron chi connectivity index (χ1n) is 7.50. The van der Waals surface area contributed by atoms with E-state index in [1.807, 2.05) is 6.92 Å². The summed E-state index contributed by atoms with van der Waals surface area (Å²) < 4.78 is 0. The lowest BCUT2D eigenvalue weighted by molar-refractivity contribution is 0.117. The Bertz CT molecular complexity index is 243. The Morgan fingerprint density at radius 2 is 2.06 bits per heavy atom. The summed E-state index contributed by atoms with van der Waals surface area (Å²) in [5.74, 6) is 0.476. The Balaban J connectivity index is 2.43. The van der Waals surface area contributed by atoms with E-state index in [2.05, 4.69) is 37.9 Å². The maximum atomic E-state index is 9.66. The highest BCUT2D eigenvalue weighted by atomic mass is 16.3. The van der Waals surface area contributed by atoms with E-state index in [0.29, 0.717) is 17.4 Å². The van der Waals surface area contributed by atoms with Crippen molar-refractivity contribution in [3.63, 3.8) is 0 Å². The van der Waals surface area contributed by atoms with Gasteiger partial charge in [-0.3, -0.25) is 0 Å². The van der Waals surface area contributed by atoms with Gasteiger partial charge >= 0.3 is 0 Å². The van der Waals surface area contributed by atoms with Crippen LogP contribution in [0.5, 0.6) is 0 Å². The summed E-state index contributed by atoms with van der Waals surface area (Å²) in [5, 5.41) is 13.2. The molecule has 1 heterocycles. The molecule has 3 nitrogen and oxygen atoms in total. The summed E-state index contributed by atoms with van der Waals surface area (Å²) in [6.45, 7) is 15.4. The molecule has 2 N–H and O–H groups in total. The average Bonchev–Trinajstić information content (AvgIpc) is 2.75. The molecule has 0 spiro atoms. The third-order valence-electron chi connectivity index (χ3n) is 4.39. The van der Waals surface area contributed by atoms with Crippen molar-refractivity contribution < 1.29 is 5.11 Å². The lowest BCUT2D eigenvalue weighted by Gasteiger charge is -2.34. The van der Waals surface area contributed by atoms with Gasteiger partial charge in [-0.15, -0.1) is 0 Å². The summed E-state index contributed by atoms with van der Waals surface area (Å²) in [5.41, 5.74) is 0.345. The number of aliphatic hydroxyl groups is 1. The van der Waals surface area contributed by atoms with Gasteiger partial charge in [-0.2, -0.15) is 0 Å².